The SMILES string of the molecule is CCCC1=CC[C-]=C1[Si](C)(c1ccccc1)C1CCCCC1.[Cl-].[Cl-].[Cl-].[Ti+4]. The maximum atomic E-state index is 3.81. The van der Waals surface area contributed by atoms with Gasteiger partial charge >= 0.3 is 21.7 Å². The molecule has 1 unspecified atom stereocenters. The van der Waals surface area contributed by atoms with E-state index in [-0.39, 0.29) is 58.9 Å². The van der Waals surface area contributed by atoms with Gasteiger partial charge in [0, 0.05) is 0 Å². The first-order valence-corrected chi connectivity index (χ1v) is 11.7. The van der Waals surface area contributed by atoms with Gasteiger partial charge in [-0.25, -0.2) is 10.8 Å². The third kappa shape index (κ3) is 6.00. The molecule has 0 radical (unpaired) electrons. The standard InChI is InChI=1S/C21H29Si.3ClH.Ti/c1-3-11-18-12-10-17-21(18)22(2,19-13-6-4-7-14-19)20-15-8-5-9-16-20;;;;/h4,6-7,12-14,20H,3,5,8-11,15-16H2,1-2H3;3*1H;/q-1;;;;+4/p-3. The molecule has 0 aliphatic heterocycles. The van der Waals surface area contributed by atoms with E-state index in [1.807, 2.05) is 0 Å². The van der Waals surface area contributed by atoms with Gasteiger partial charge < -0.3 is 37.2 Å². The van der Waals surface area contributed by atoms with E-state index < -0.39 is 8.07 Å². The molecule has 1 aromatic rings. The van der Waals surface area contributed by atoms with Crippen LogP contribution in [0.25, 0.3) is 0 Å². The van der Waals surface area contributed by atoms with Gasteiger partial charge in [-0.3, -0.25) is 6.08 Å². The zero-order valence-electron chi connectivity index (χ0n) is 15.8. The van der Waals surface area contributed by atoms with Gasteiger partial charge in [-0.15, -0.1) is 6.42 Å². The normalized spacial score (nSPS) is 18.7. The second kappa shape index (κ2) is 13.6. The molecule has 1 aromatic carbocycles. The predicted molar refractivity (Wildman–Crippen MR) is 98.9 cm³/mol. The van der Waals surface area contributed by atoms with Crippen LogP contribution in [0.5, 0.6) is 0 Å². The molecule has 0 N–H and O–H groups in total. The van der Waals surface area contributed by atoms with E-state index in [1.165, 1.54) is 44.9 Å². The number of hydrogen-bond donors (Lipinski definition) is 0. The van der Waals surface area contributed by atoms with Gasteiger partial charge in [0.15, 0.2) is 0 Å². The summed E-state index contributed by atoms with van der Waals surface area (Å²) in [4.78, 5) is 0. The van der Waals surface area contributed by atoms with Gasteiger partial charge in [0.05, 0.1) is 8.07 Å². The summed E-state index contributed by atoms with van der Waals surface area (Å²) in [6.45, 7) is 4.94. The average Bonchev–Trinajstić information content (AvgIpc) is 3.05. The Morgan fingerprint density at radius 3 is 2.19 bits per heavy atom. The van der Waals surface area contributed by atoms with Gasteiger partial charge in [-0.1, -0.05) is 93.9 Å². The molecule has 0 nitrogen and oxygen atoms in total. The van der Waals surface area contributed by atoms with Gasteiger partial charge in [-0.2, -0.15) is 6.08 Å². The minimum absolute atomic E-state index is 0. The summed E-state index contributed by atoms with van der Waals surface area (Å²) in [5, 5.41) is 3.29. The molecule has 0 saturated heterocycles. The van der Waals surface area contributed by atoms with Gasteiger partial charge in [-0.05, 0) is 5.54 Å². The zero-order chi connectivity index (χ0) is 15.4. The zero-order valence-corrected chi connectivity index (χ0v) is 20.7. The van der Waals surface area contributed by atoms with Crippen LogP contribution in [0.2, 0.25) is 12.1 Å². The van der Waals surface area contributed by atoms with Crippen molar-refractivity contribution < 1.29 is 58.9 Å². The summed E-state index contributed by atoms with van der Waals surface area (Å²) in [7, 11) is -1.65. The summed E-state index contributed by atoms with van der Waals surface area (Å²) in [6.07, 6.45) is 17.0. The molecule has 0 spiro atoms. The number of hydrogen-bond acceptors (Lipinski definition) is 0. The van der Waals surface area contributed by atoms with Crippen molar-refractivity contribution in [3.63, 3.8) is 0 Å². The third-order valence-electron chi connectivity index (χ3n) is 5.78. The second-order valence-corrected chi connectivity index (χ2v) is 11.4. The van der Waals surface area contributed by atoms with E-state index in [0.29, 0.717) is 0 Å². The van der Waals surface area contributed by atoms with Crippen LogP contribution in [-0.2, 0) is 21.7 Å². The van der Waals surface area contributed by atoms with Gasteiger partial charge in [0.2, 0.25) is 0 Å². The van der Waals surface area contributed by atoms with E-state index in [1.54, 1.807) is 16.0 Å². The molecular weight excluding hydrogens is 435 g/mol. The van der Waals surface area contributed by atoms with E-state index in [2.05, 4.69) is 56.0 Å². The second-order valence-electron chi connectivity index (χ2n) is 7.14. The van der Waals surface area contributed by atoms with E-state index in [4.69, 9.17) is 0 Å². The minimum atomic E-state index is -1.65. The third-order valence-corrected chi connectivity index (χ3v) is 11.1. The summed E-state index contributed by atoms with van der Waals surface area (Å²) in [6, 6.07) is 11.4. The fourth-order valence-corrected chi connectivity index (χ4v) is 9.53. The van der Waals surface area contributed by atoms with Crippen LogP contribution in [0.15, 0.2) is 47.2 Å². The number of allylic oxidation sites excluding steroid dienone is 4. The van der Waals surface area contributed by atoms with E-state index >= 15 is 0 Å². The first-order chi connectivity index (χ1) is 10.8. The van der Waals surface area contributed by atoms with Crippen molar-refractivity contribution in [1.82, 2.24) is 0 Å². The van der Waals surface area contributed by atoms with Crippen LogP contribution in [0.1, 0.15) is 58.3 Å². The molecule has 5 heteroatoms. The molecule has 0 heterocycles. The molecule has 0 amide bonds. The Balaban J connectivity index is 0. The fourth-order valence-electron chi connectivity index (χ4n) is 4.55. The molecule has 142 valence electrons. The molecule has 26 heavy (non-hydrogen) atoms. The predicted octanol–water partition coefficient (Wildman–Crippen LogP) is -3.29. The van der Waals surface area contributed by atoms with Crippen LogP contribution in [-0.4, -0.2) is 8.07 Å². The Kier molecular flexibility index (Phi) is 15.1. The topological polar surface area (TPSA) is 0 Å². The van der Waals surface area contributed by atoms with Crippen LogP contribution in [0.4, 0.5) is 0 Å². The number of rotatable bonds is 5. The van der Waals surface area contributed by atoms with E-state index in [9.17, 15) is 0 Å². The van der Waals surface area contributed by atoms with Crippen molar-refractivity contribution in [2.24, 2.45) is 0 Å². The Labute approximate surface area is 194 Å². The summed E-state index contributed by atoms with van der Waals surface area (Å²) in [5.41, 5.74) is 2.54. The minimum Gasteiger partial charge on any atom is -1.00 e. The molecule has 2 aliphatic rings. The number of halogens is 3. The van der Waals surface area contributed by atoms with Crippen LogP contribution in [0, 0.1) is 6.08 Å². The monoisotopic (exact) mass is 462 g/mol. The maximum Gasteiger partial charge on any atom is 4.00 e. The van der Waals surface area contributed by atoms with Crippen molar-refractivity contribution in [2.45, 2.75) is 70.4 Å². The first kappa shape index (κ1) is 28.7. The summed E-state index contributed by atoms with van der Waals surface area (Å²) < 4.78 is 0. The van der Waals surface area contributed by atoms with Crippen LogP contribution >= 0.6 is 0 Å². The maximum absolute atomic E-state index is 3.81. The van der Waals surface area contributed by atoms with Gasteiger partial charge in [0.25, 0.3) is 0 Å². The number of benzene rings is 1. The molecule has 0 aromatic heterocycles. The van der Waals surface area contributed by atoms with Crippen molar-refractivity contribution in [2.75, 3.05) is 0 Å². The fraction of sp³-hybridized carbons (Fsp3) is 0.524. The average molecular weight is 464 g/mol. The Morgan fingerprint density at radius 1 is 1.00 bits per heavy atom. The van der Waals surface area contributed by atoms with Crippen LogP contribution < -0.4 is 42.4 Å². The van der Waals surface area contributed by atoms with Crippen molar-refractivity contribution >= 4 is 13.3 Å². The quantitative estimate of drug-likeness (QED) is 0.317. The largest absolute Gasteiger partial charge is 4.00 e. The Bertz CT molecular complexity index is 568. The molecular formula is C21H29Cl3SiTi. The summed E-state index contributed by atoms with van der Waals surface area (Å²) >= 11 is 0. The molecule has 0 bridgehead atoms. The van der Waals surface area contributed by atoms with Crippen molar-refractivity contribution in [3.8, 4) is 0 Å². The van der Waals surface area contributed by atoms with Crippen LogP contribution in [0.3, 0.4) is 0 Å². The van der Waals surface area contributed by atoms with Crippen molar-refractivity contribution in [1.29, 1.82) is 0 Å². The van der Waals surface area contributed by atoms with Crippen molar-refractivity contribution in [3.05, 3.63) is 53.3 Å². The molecule has 1 saturated carbocycles. The first-order valence-electron chi connectivity index (χ1n) is 9.13. The molecule has 1 fully saturated rings. The summed E-state index contributed by atoms with van der Waals surface area (Å²) in [5.74, 6) is 0. The molecule has 3 rings (SSSR count). The van der Waals surface area contributed by atoms with Gasteiger partial charge in [0.1, 0.15) is 0 Å². The van der Waals surface area contributed by atoms with E-state index in [0.717, 1.165) is 12.0 Å². The molecule has 2 aliphatic carbocycles. The Morgan fingerprint density at radius 2 is 1.62 bits per heavy atom. The Hall–Kier alpha value is 0.501. The smallest absolute Gasteiger partial charge is 1.00 e. The molecule has 1 atom stereocenters.